The topological polar surface area (TPSA) is 9.23 Å². The Bertz CT molecular complexity index is 536. The SMILES string of the molecule is [CH2]C(CCc1ccccc1OC)c1ccccc1Cl. The normalized spacial score (nSPS) is 12.2. The molecule has 0 heterocycles. The highest BCUT2D eigenvalue weighted by atomic mass is 35.5. The van der Waals surface area contributed by atoms with Gasteiger partial charge in [0, 0.05) is 5.02 Å². The molecule has 0 saturated carbocycles. The first kappa shape index (κ1) is 14.0. The Labute approximate surface area is 120 Å². The zero-order chi connectivity index (χ0) is 13.7. The van der Waals surface area contributed by atoms with E-state index in [1.54, 1.807) is 7.11 Å². The molecule has 99 valence electrons. The summed E-state index contributed by atoms with van der Waals surface area (Å²) >= 11 is 6.19. The van der Waals surface area contributed by atoms with Crippen molar-refractivity contribution in [2.45, 2.75) is 18.8 Å². The first-order valence-electron chi connectivity index (χ1n) is 6.41. The molecule has 0 aliphatic heterocycles. The standard InChI is InChI=1S/C17H18ClO/c1-13(15-8-4-5-9-16(15)18)11-12-14-7-3-6-10-17(14)19-2/h3-10,13H,1,11-12H2,2H3. The van der Waals surface area contributed by atoms with E-state index in [9.17, 15) is 0 Å². The van der Waals surface area contributed by atoms with Gasteiger partial charge in [-0.1, -0.05) is 48.0 Å². The molecule has 0 saturated heterocycles. The highest BCUT2D eigenvalue weighted by molar-refractivity contribution is 6.31. The molecule has 0 aliphatic rings. The Morgan fingerprint density at radius 1 is 1.11 bits per heavy atom. The highest BCUT2D eigenvalue weighted by Gasteiger charge is 2.10. The van der Waals surface area contributed by atoms with E-state index in [0.717, 1.165) is 29.2 Å². The Morgan fingerprint density at radius 3 is 2.53 bits per heavy atom. The molecule has 2 aromatic carbocycles. The van der Waals surface area contributed by atoms with E-state index in [1.807, 2.05) is 42.5 Å². The van der Waals surface area contributed by atoms with Crippen LogP contribution < -0.4 is 4.74 Å². The molecule has 2 rings (SSSR count). The van der Waals surface area contributed by atoms with Crippen LogP contribution in [-0.4, -0.2) is 7.11 Å². The van der Waals surface area contributed by atoms with Crippen molar-refractivity contribution in [3.05, 3.63) is 71.6 Å². The third-order valence-corrected chi connectivity index (χ3v) is 3.64. The maximum absolute atomic E-state index is 6.19. The summed E-state index contributed by atoms with van der Waals surface area (Å²) in [6.07, 6.45) is 1.88. The van der Waals surface area contributed by atoms with Crippen LogP contribution in [0.3, 0.4) is 0 Å². The van der Waals surface area contributed by atoms with E-state index < -0.39 is 0 Å². The van der Waals surface area contributed by atoms with Gasteiger partial charge in [-0.25, -0.2) is 0 Å². The lowest BCUT2D eigenvalue weighted by Gasteiger charge is -2.14. The van der Waals surface area contributed by atoms with Gasteiger partial charge in [0.1, 0.15) is 5.75 Å². The molecule has 1 nitrogen and oxygen atoms in total. The quantitative estimate of drug-likeness (QED) is 0.753. The molecule has 0 aromatic heterocycles. The molecular weight excluding hydrogens is 256 g/mol. The average Bonchev–Trinajstić information content (AvgIpc) is 2.45. The van der Waals surface area contributed by atoms with E-state index in [-0.39, 0.29) is 5.92 Å². The number of hydrogen-bond donors (Lipinski definition) is 0. The molecule has 0 aliphatic carbocycles. The molecule has 19 heavy (non-hydrogen) atoms. The van der Waals surface area contributed by atoms with Crippen LogP contribution in [0.5, 0.6) is 5.75 Å². The maximum atomic E-state index is 6.19. The summed E-state index contributed by atoms with van der Waals surface area (Å²) in [7, 11) is 1.70. The van der Waals surface area contributed by atoms with Crippen molar-refractivity contribution in [3.8, 4) is 5.75 Å². The first-order valence-corrected chi connectivity index (χ1v) is 6.79. The fraction of sp³-hybridized carbons (Fsp3) is 0.235. The fourth-order valence-corrected chi connectivity index (χ4v) is 2.49. The number of rotatable bonds is 5. The van der Waals surface area contributed by atoms with Crippen LogP contribution in [0.2, 0.25) is 5.02 Å². The Balaban J connectivity index is 2.04. The molecule has 0 amide bonds. The number of benzene rings is 2. The summed E-state index contributed by atoms with van der Waals surface area (Å²) < 4.78 is 5.36. The fourth-order valence-electron chi connectivity index (χ4n) is 2.20. The molecule has 0 fully saturated rings. The largest absolute Gasteiger partial charge is 0.496 e. The van der Waals surface area contributed by atoms with Crippen LogP contribution >= 0.6 is 11.6 Å². The second-order valence-electron chi connectivity index (χ2n) is 4.57. The van der Waals surface area contributed by atoms with Gasteiger partial charge in [0.15, 0.2) is 0 Å². The Morgan fingerprint density at radius 2 is 1.79 bits per heavy atom. The molecule has 0 N–H and O–H groups in total. The van der Waals surface area contributed by atoms with Crippen molar-refractivity contribution >= 4 is 11.6 Å². The first-order chi connectivity index (χ1) is 9.22. The van der Waals surface area contributed by atoms with Gasteiger partial charge in [0.25, 0.3) is 0 Å². The predicted octanol–water partition coefficient (Wildman–Crippen LogP) is 4.90. The molecule has 0 spiro atoms. The summed E-state index contributed by atoms with van der Waals surface area (Å²) in [5.41, 5.74) is 2.32. The number of para-hydroxylation sites is 1. The molecule has 2 aromatic rings. The highest BCUT2D eigenvalue weighted by Crippen LogP contribution is 2.29. The van der Waals surface area contributed by atoms with Crippen molar-refractivity contribution in [1.29, 1.82) is 0 Å². The van der Waals surface area contributed by atoms with Gasteiger partial charge >= 0.3 is 0 Å². The zero-order valence-electron chi connectivity index (χ0n) is 11.1. The van der Waals surface area contributed by atoms with Gasteiger partial charge < -0.3 is 4.74 Å². The zero-order valence-corrected chi connectivity index (χ0v) is 11.9. The number of aryl methyl sites for hydroxylation is 1. The summed E-state index contributed by atoms with van der Waals surface area (Å²) in [5, 5.41) is 0.794. The van der Waals surface area contributed by atoms with E-state index in [4.69, 9.17) is 16.3 Å². The van der Waals surface area contributed by atoms with Gasteiger partial charge in [-0.15, -0.1) is 0 Å². The van der Waals surface area contributed by atoms with Gasteiger partial charge in [-0.05, 0) is 48.9 Å². The number of ether oxygens (including phenoxy) is 1. The lowest BCUT2D eigenvalue weighted by Crippen LogP contribution is -1.99. The molecular formula is C17H18ClO. The van der Waals surface area contributed by atoms with Crippen LogP contribution in [-0.2, 0) is 6.42 Å². The summed E-state index contributed by atoms with van der Waals surface area (Å²) in [5.74, 6) is 1.13. The number of methoxy groups -OCH3 is 1. The summed E-state index contributed by atoms with van der Waals surface area (Å²) in [6.45, 7) is 4.21. The summed E-state index contributed by atoms with van der Waals surface area (Å²) in [6, 6.07) is 16.0. The molecule has 2 heteroatoms. The van der Waals surface area contributed by atoms with E-state index >= 15 is 0 Å². The van der Waals surface area contributed by atoms with Gasteiger partial charge in [0.2, 0.25) is 0 Å². The van der Waals surface area contributed by atoms with Gasteiger partial charge in [-0.3, -0.25) is 0 Å². The van der Waals surface area contributed by atoms with Gasteiger partial charge in [-0.2, -0.15) is 0 Å². The van der Waals surface area contributed by atoms with Crippen LogP contribution in [0.1, 0.15) is 23.5 Å². The average molecular weight is 274 g/mol. The van der Waals surface area contributed by atoms with Crippen LogP contribution in [0.15, 0.2) is 48.5 Å². The van der Waals surface area contributed by atoms with Crippen LogP contribution in [0, 0.1) is 6.92 Å². The summed E-state index contributed by atoms with van der Waals surface area (Å²) in [4.78, 5) is 0. The second kappa shape index (κ2) is 6.63. The van der Waals surface area contributed by atoms with E-state index in [2.05, 4.69) is 13.0 Å². The lowest BCUT2D eigenvalue weighted by atomic mass is 9.94. The third kappa shape index (κ3) is 3.51. The Hall–Kier alpha value is -1.47. The third-order valence-electron chi connectivity index (χ3n) is 3.30. The lowest BCUT2D eigenvalue weighted by molar-refractivity contribution is 0.409. The molecule has 1 atom stereocenters. The van der Waals surface area contributed by atoms with Crippen LogP contribution in [0.4, 0.5) is 0 Å². The van der Waals surface area contributed by atoms with Crippen molar-refractivity contribution in [2.24, 2.45) is 0 Å². The number of halogens is 1. The minimum Gasteiger partial charge on any atom is -0.496 e. The second-order valence-corrected chi connectivity index (χ2v) is 4.98. The minimum atomic E-state index is 0.193. The van der Waals surface area contributed by atoms with Crippen molar-refractivity contribution in [3.63, 3.8) is 0 Å². The molecule has 1 unspecified atom stereocenters. The van der Waals surface area contributed by atoms with E-state index in [1.165, 1.54) is 5.56 Å². The Kier molecular flexibility index (Phi) is 4.86. The predicted molar refractivity (Wildman–Crippen MR) is 80.9 cm³/mol. The maximum Gasteiger partial charge on any atom is 0.122 e. The van der Waals surface area contributed by atoms with Gasteiger partial charge in [0.05, 0.1) is 7.11 Å². The monoisotopic (exact) mass is 273 g/mol. The number of hydrogen-bond acceptors (Lipinski definition) is 1. The van der Waals surface area contributed by atoms with E-state index in [0.29, 0.717) is 0 Å². The minimum absolute atomic E-state index is 0.193. The van der Waals surface area contributed by atoms with Crippen molar-refractivity contribution in [2.75, 3.05) is 7.11 Å². The van der Waals surface area contributed by atoms with Crippen molar-refractivity contribution in [1.82, 2.24) is 0 Å². The molecule has 1 radical (unpaired) electrons. The smallest absolute Gasteiger partial charge is 0.122 e. The molecule has 0 bridgehead atoms. The van der Waals surface area contributed by atoms with Crippen molar-refractivity contribution < 1.29 is 4.74 Å². The van der Waals surface area contributed by atoms with Crippen LogP contribution in [0.25, 0.3) is 0 Å².